The zero-order valence-corrected chi connectivity index (χ0v) is 10.7. The van der Waals surface area contributed by atoms with E-state index in [0.717, 1.165) is 0 Å². The Morgan fingerprint density at radius 1 is 1.59 bits per heavy atom. The Bertz CT molecular complexity index is 462. The second kappa shape index (κ2) is 5.62. The number of hydrogen-bond acceptors (Lipinski definition) is 5. The predicted octanol–water partition coefficient (Wildman–Crippen LogP) is 2.05. The largest absolute Gasteiger partial charge is 0.466 e. The highest BCUT2D eigenvalue weighted by Crippen LogP contribution is 2.31. The van der Waals surface area contributed by atoms with E-state index >= 15 is 0 Å². The van der Waals surface area contributed by atoms with Crippen molar-refractivity contribution in [3.63, 3.8) is 0 Å². The van der Waals surface area contributed by atoms with Crippen LogP contribution in [0.25, 0.3) is 0 Å². The lowest BCUT2D eigenvalue weighted by atomic mass is 10.1. The Morgan fingerprint density at radius 2 is 2.24 bits per heavy atom. The molecule has 0 atom stereocenters. The molecule has 1 aromatic carbocycles. The Balaban J connectivity index is 3.14. The highest BCUT2D eigenvalue weighted by molar-refractivity contribution is 9.10. The first kappa shape index (κ1) is 13.4. The monoisotopic (exact) mass is 302 g/mol. The number of carbonyl (C=O) groups is 1. The number of nitrogens with two attached hydrogens (primary N) is 1. The van der Waals surface area contributed by atoms with Gasteiger partial charge >= 0.3 is 5.97 Å². The minimum Gasteiger partial charge on any atom is -0.466 e. The molecular formula is C10H11BrN2O4. The molecule has 0 amide bonds. The maximum absolute atomic E-state index is 11.3. The molecule has 0 heterocycles. The fraction of sp³-hybridized carbons (Fsp3) is 0.300. The van der Waals surface area contributed by atoms with E-state index in [2.05, 4.69) is 15.9 Å². The molecule has 1 aromatic rings. The summed E-state index contributed by atoms with van der Waals surface area (Å²) in [5.74, 6) is -0.541. The topological polar surface area (TPSA) is 95.5 Å². The van der Waals surface area contributed by atoms with Gasteiger partial charge in [0, 0.05) is 10.5 Å². The summed E-state index contributed by atoms with van der Waals surface area (Å²) in [5, 5.41) is 10.8. The molecule has 0 bridgehead atoms. The standard InChI is InChI=1S/C10H11BrN2O4/c1-2-17-9(14)5-6-8(13(15)16)4-3-7(11)10(6)12/h3-4H,2,5,12H2,1H3. The molecular weight excluding hydrogens is 292 g/mol. The van der Waals surface area contributed by atoms with E-state index in [-0.39, 0.29) is 30.0 Å². The van der Waals surface area contributed by atoms with Crippen molar-refractivity contribution in [3.8, 4) is 0 Å². The summed E-state index contributed by atoms with van der Waals surface area (Å²) in [6.07, 6.45) is -0.213. The lowest BCUT2D eigenvalue weighted by Gasteiger charge is -2.07. The van der Waals surface area contributed by atoms with Gasteiger partial charge in [-0.15, -0.1) is 0 Å². The summed E-state index contributed by atoms with van der Waals surface area (Å²) in [5.41, 5.74) is 5.88. The smallest absolute Gasteiger partial charge is 0.310 e. The van der Waals surface area contributed by atoms with Crippen molar-refractivity contribution in [1.29, 1.82) is 0 Å². The number of hydrogen-bond donors (Lipinski definition) is 1. The van der Waals surface area contributed by atoms with E-state index in [0.29, 0.717) is 4.47 Å². The van der Waals surface area contributed by atoms with Crippen molar-refractivity contribution < 1.29 is 14.5 Å². The van der Waals surface area contributed by atoms with E-state index in [1.165, 1.54) is 12.1 Å². The normalized spacial score (nSPS) is 10.0. The zero-order chi connectivity index (χ0) is 13.0. The van der Waals surface area contributed by atoms with Gasteiger partial charge in [0.05, 0.1) is 29.2 Å². The quantitative estimate of drug-likeness (QED) is 0.397. The Labute approximate surface area is 106 Å². The number of nitrogens with zero attached hydrogens (tertiary/aromatic N) is 1. The van der Waals surface area contributed by atoms with Gasteiger partial charge in [-0.2, -0.15) is 0 Å². The van der Waals surface area contributed by atoms with Gasteiger partial charge in [0.1, 0.15) is 0 Å². The molecule has 6 nitrogen and oxygen atoms in total. The summed E-state index contributed by atoms with van der Waals surface area (Å²) >= 11 is 3.16. The van der Waals surface area contributed by atoms with Crippen molar-refractivity contribution in [2.24, 2.45) is 0 Å². The number of nitro groups is 1. The second-order valence-corrected chi connectivity index (χ2v) is 4.05. The highest BCUT2D eigenvalue weighted by Gasteiger charge is 2.21. The van der Waals surface area contributed by atoms with Crippen LogP contribution in [0.15, 0.2) is 16.6 Å². The molecule has 0 spiro atoms. The minimum atomic E-state index is -0.572. The number of halogens is 1. The molecule has 7 heteroatoms. The van der Waals surface area contributed by atoms with E-state index in [1.807, 2.05) is 0 Å². The van der Waals surface area contributed by atoms with E-state index in [9.17, 15) is 14.9 Å². The number of ether oxygens (including phenoxy) is 1. The SMILES string of the molecule is CCOC(=O)Cc1c([N+](=O)[O-])ccc(Br)c1N. The molecule has 92 valence electrons. The molecule has 2 N–H and O–H groups in total. The minimum absolute atomic E-state index is 0.169. The third-order valence-electron chi connectivity index (χ3n) is 2.10. The first-order chi connectivity index (χ1) is 7.97. The van der Waals surface area contributed by atoms with E-state index in [4.69, 9.17) is 10.5 Å². The summed E-state index contributed by atoms with van der Waals surface area (Å²) < 4.78 is 5.26. The number of esters is 1. The van der Waals surface area contributed by atoms with Crippen LogP contribution in [0, 0.1) is 10.1 Å². The molecule has 0 aliphatic carbocycles. The molecule has 0 aliphatic heterocycles. The second-order valence-electron chi connectivity index (χ2n) is 3.20. The van der Waals surface area contributed by atoms with Crippen LogP contribution in [-0.4, -0.2) is 17.5 Å². The Morgan fingerprint density at radius 3 is 2.76 bits per heavy atom. The molecule has 0 saturated heterocycles. The molecule has 1 rings (SSSR count). The summed E-state index contributed by atoms with van der Waals surface area (Å²) in [7, 11) is 0. The first-order valence-electron chi connectivity index (χ1n) is 4.84. The van der Waals surface area contributed by atoms with Gasteiger partial charge in [-0.25, -0.2) is 0 Å². The van der Waals surface area contributed by atoms with E-state index < -0.39 is 10.9 Å². The third-order valence-corrected chi connectivity index (χ3v) is 2.79. The summed E-state index contributed by atoms with van der Waals surface area (Å²) in [6.45, 7) is 1.89. The van der Waals surface area contributed by atoms with Crippen LogP contribution in [0.1, 0.15) is 12.5 Å². The fourth-order valence-electron chi connectivity index (χ4n) is 1.34. The van der Waals surface area contributed by atoms with Crippen LogP contribution in [0.5, 0.6) is 0 Å². The number of nitro benzene ring substituents is 1. The van der Waals surface area contributed by atoms with Crippen LogP contribution in [0.4, 0.5) is 11.4 Å². The van der Waals surface area contributed by atoms with Gasteiger partial charge in [-0.1, -0.05) is 0 Å². The van der Waals surface area contributed by atoms with Crippen molar-refractivity contribution in [2.75, 3.05) is 12.3 Å². The number of anilines is 1. The van der Waals surface area contributed by atoms with Gasteiger partial charge < -0.3 is 10.5 Å². The van der Waals surface area contributed by atoms with Gasteiger partial charge in [0.2, 0.25) is 0 Å². The van der Waals surface area contributed by atoms with E-state index in [1.54, 1.807) is 6.92 Å². The van der Waals surface area contributed by atoms with Crippen molar-refractivity contribution >= 4 is 33.3 Å². The van der Waals surface area contributed by atoms with Gasteiger partial charge in [-0.3, -0.25) is 14.9 Å². The molecule has 0 aromatic heterocycles. The zero-order valence-electron chi connectivity index (χ0n) is 9.10. The average molecular weight is 303 g/mol. The van der Waals surface area contributed by atoms with Crippen LogP contribution in [-0.2, 0) is 16.0 Å². The molecule has 0 fully saturated rings. The number of nitrogen functional groups attached to an aromatic ring is 1. The predicted molar refractivity (Wildman–Crippen MR) is 65.5 cm³/mol. The lowest BCUT2D eigenvalue weighted by molar-refractivity contribution is -0.385. The van der Waals surface area contributed by atoms with Crippen molar-refractivity contribution in [1.82, 2.24) is 0 Å². The molecule has 17 heavy (non-hydrogen) atoms. The van der Waals surface area contributed by atoms with Crippen molar-refractivity contribution in [3.05, 3.63) is 32.3 Å². The van der Waals surface area contributed by atoms with Crippen molar-refractivity contribution in [2.45, 2.75) is 13.3 Å². The maximum atomic E-state index is 11.3. The van der Waals surface area contributed by atoms with Gasteiger partial charge in [0.15, 0.2) is 0 Å². The summed E-state index contributed by atoms with van der Waals surface area (Å²) in [6, 6.07) is 2.77. The number of carbonyl (C=O) groups excluding carboxylic acids is 1. The molecule has 0 unspecified atom stereocenters. The van der Waals surface area contributed by atoms with Crippen LogP contribution >= 0.6 is 15.9 Å². The van der Waals surface area contributed by atoms with Gasteiger partial charge in [-0.05, 0) is 28.9 Å². The van der Waals surface area contributed by atoms with Gasteiger partial charge in [0.25, 0.3) is 5.69 Å². The lowest BCUT2D eigenvalue weighted by Crippen LogP contribution is -2.11. The third kappa shape index (κ3) is 3.16. The van der Waals surface area contributed by atoms with Crippen LogP contribution in [0.3, 0.4) is 0 Å². The highest BCUT2D eigenvalue weighted by atomic mass is 79.9. The number of rotatable bonds is 4. The van der Waals surface area contributed by atoms with Crippen LogP contribution < -0.4 is 5.73 Å². The maximum Gasteiger partial charge on any atom is 0.310 e. The summed E-state index contributed by atoms with van der Waals surface area (Å²) in [4.78, 5) is 21.6. The molecule has 0 aliphatic rings. The Kier molecular flexibility index (Phi) is 4.45. The molecule has 0 saturated carbocycles. The Hall–Kier alpha value is -1.63. The number of benzene rings is 1. The van der Waals surface area contributed by atoms with Crippen LogP contribution in [0.2, 0.25) is 0 Å². The fourth-order valence-corrected chi connectivity index (χ4v) is 1.71. The first-order valence-corrected chi connectivity index (χ1v) is 5.63. The average Bonchev–Trinajstić information content (AvgIpc) is 2.25. The molecule has 0 radical (unpaired) electrons.